The second-order valence-corrected chi connectivity index (χ2v) is 3.37. The number of alkyl halides is 1. The lowest BCUT2D eigenvalue weighted by atomic mass is 10.2. The molecule has 1 saturated carbocycles. The molecular formula is C8H16FN. The summed E-state index contributed by atoms with van der Waals surface area (Å²) >= 11 is 0. The first-order chi connectivity index (χ1) is 4.70. The summed E-state index contributed by atoms with van der Waals surface area (Å²) in [5.74, 6) is 0. The molecule has 1 aliphatic rings. The summed E-state index contributed by atoms with van der Waals surface area (Å²) < 4.78 is 12.9. The highest BCUT2D eigenvalue weighted by Crippen LogP contribution is 2.21. The monoisotopic (exact) mass is 145 g/mol. The minimum Gasteiger partial charge on any atom is -0.309 e. The maximum absolute atomic E-state index is 12.9. The second kappa shape index (κ2) is 3.33. The van der Waals surface area contributed by atoms with Crippen molar-refractivity contribution < 1.29 is 4.39 Å². The third-order valence-electron chi connectivity index (χ3n) is 1.98. The van der Waals surface area contributed by atoms with Crippen LogP contribution in [0, 0.1) is 0 Å². The minimum atomic E-state index is -0.595. The Hall–Kier alpha value is -0.110. The van der Waals surface area contributed by atoms with Gasteiger partial charge in [-0.1, -0.05) is 13.8 Å². The van der Waals surface area contributed by atoms with Gasteiger partial charge in [0.25, 0.3) is 0 Å². The van der Waals surface area contributed by atoms with Crippen LogP contribution in [0.4, 0.5) is 4.39 Å². The molecule has 1 nitrogen and oxygen atoms in total. The first kappa shape index (κ1) is 7.99. The lowest BCUT2D eigenvalue weighted by molar-refractivity contribution is 0.270. The lowest BCUT2D eigenvalue weighted by Crippen LogP contribution is -2.38. The molecule has 1 N–H and O–H groups in total. The number of nitrogens with one attached hydrogen (secondary N) is 1. The maximum atomic E-state index is 12.9. The average molecular weight is 145 g/mol. The van der Waals surface area contributed by atoms with E-state index in [2.05, 4.69) is 19.2 Å². The van der Waals surface area contributed by atoms with Gasteiger partial charge in [-0.05, 0) is 19.3 Å². The highest BCUT2D eigenvalue weighted by atomic mass is 19.1. The zero-order chi connectivity index (χ0) is 7.56. The second-order valence-electron chi connectivity index (χ2n) is 3.37. The first-order valence-corrected chi connectivity index (χ1v) is 4.10. The Morgan fingerprint density at radius 2 is 2.10 bits per heavy atom. The molecule has 1 fully saturated rings. The van der Waals surface area contributed by atoms with E-state index in [9.17, 15) is 4.39 Å². The highest BCUT2D eigenvalue weighted by Gasteiger charge is 2.26. The van der Waals surface area contributed by atoms with Gasteiger partial charge in [0.05, 0.1) is 0 Å². The molecule has 0 aromatic rings. The number of hydrogen-bond donors (Lipinski definition) is 1. The van der Waals surface area contributed by atoms with Gasteiger partial charge in [-0.25, -0.2) is 4.39 Å². The van der Waals surface area contributed by atoms with Crippen molar-refractivity contribution in [3.63, 3.8) is 0 Å². The van der Waals surface area contributed by atoms with Crippen molar-refractivity contribution in [2.24, 2.45) is 0 Å². The normalized spacial score (nSPS) is 33.6. The fourth-order valence-corrected chi connectivity index (χ4v) is 1.53. The maximum Gasteiger partial charge on any atom is 0.115 e. The Morgan fingerprint density at radius 1 is 1.40 bits per heavy atom. The largest absolute Gasteiger partial charge is 0.309 e. The Balaban J connectivity index is 2.26. The lowest BCUT2D eigenvalue weighted by Gasteiger charge is -2.17. The molecule has 0 heterocycles. The third-order valence-corrected chi connectivity index (χ3v) is 1.98. The van der Waals surface area contributed by atoms with E-state index in [0.717, 1.165) is 19.3 Å². The molecule has 1 rings (SSSR count). The van der Waals surface area contributed by atoms with Gasteiger partial charge in [-0.2, -0.15) is 0 Å². The first-order valence-electron chi connectivity index (χ1n) is 4.10. The summed E-state index contributed by atoms with van der Waals surface area (Å²) in [5.41, 5.74) is 0. The van der Waals surface area contributed by atoms with Crippen LogP contribution in [0.1, 0.15) is 33.1 Å². The molecule has 0 bridgehead atoms. The Morgan fingerprint density at radius 3 is 2.50 bits per heavy atom. The molecule has 0 aliphatic heterocycles. The quantitative estimate of drug-likeness (QED) is 0.625. The van der Waals surface area contributed by atoms with E-state index in [4.69, 9.17) is 0 Å². The van der Waals surface area contributed by atoms with Gasteiger partial charge in [0.1, 0.15) is 6.17 Å². The molecule has 0 saturated heterocycles. The molecule has 2 heteroatoms. The van der Waals surface area contributed by atoms with Gasteiger partial charge in [-0.15, -0.1) is 0 Å². The summed E-state index contributed by atoms with van der Waals surface area (Å²) in [7, 11) is 0. The van der Waals surface area contributed by atoms with E-state index in [1.165, 1.54) is 0 Å². The smallest absolute Gasteiger partial charge is 0.115 e. The molecule has 0 unspecified atom stereocenters. The molecule has 0 amide bonds. The van der Waals surface area contributed by atoms with E-state index in [0.29, 0.717) is 6.04 Å². The number of hydrogen-bond acceptors (Lipinski definition) is 1. The predicted octanol–water partition coefficient (Wildman–Crippen LogP) is 1.88. The van der Waals surface area contributed by atoms with Crippen LogP contribution in [0.15, 0.2) is 0 Å². The summed E-state index contributed by atoms with van der Waals surface area (Å²) in [4.78, 5) is 0. The summed E-state index contributed by atoms with van der Waals surface area (Å²) in [5, 5.41) is 3.22. The molecule has 0 aromatic heterocycles. The third kappa shape index (κ3) is 1.94. The highest BCUT2D eigenvalue weighted by molar-refractivity contribution is 4.83. The van der Waals surface area contributed by atoms with E-state index in [1.54, 1.807) is 0 Å². The summed E-state index contributed by atoms with van der Waals surface area (Å²) in [6, 6.07) is 0.557. The van der Waals surface area contributed by atoms with Crippen LogP contribution in [-0.4, -0.2) is 18.3 Å². The molecule has 10 heavy (non-hydrogen) atoms. The Kier molecular flexibility index (Phi) is 2.66. The van der Waals surface area contributed by atoms with E-state index in [-0.39, 0.29) is 6.04 Å². The van der Waals surface area contributed by atoms with Crippen LogP contribution in [0.5, 0.6) is 0 Å². The van der Waals surface area contributed by atoms with Gasteiger partial charge in [0.15, 0.2) is 0 Å². The molecule has 1 aliphatic carbocycles. The van der Waals surface area contributed by atoms with Crippen LogP contribution >= 0.6 is 0 Å². The van der Waals surface area contributed by atoms with Crippen molar-refractivity contribution in [3.05, 3.63) is 0 Å². The van der Waals surface area contributed by atoms with E-state index in [1.807, 2.05) is 0 Å². The van der Waals surface area contributed by atoms with Crippen molar-refractivity contribution in [2.75, 3.05) is 0 Å². The summed E-state index contributed by atoms with van der Waals surface area (Å²) in [6.07, 6.45) is 2.22. The van der Waals surface area contributed by atoms with Crippen LogP contribution < -0.4 is 5.32 Å². The fraction of sp³-hybridized carbons (Fsp3) is 1.00. The number of rotatable bonds is 2. The molecule has 2 atom stereocenters. The van der Waals surface area contributed by atoms with Crippen LogP contribution in [-0.2, 0) is 0 Å². The van der Waals surface area contributed by atoms with Gasteiger partial charge in [-0.3, -0.25) is 0 Å². The van der Waals surface area contributed by atoms with Crippen LogP contribution in [0.25, 0.3) is 0 Å². The molecule has 0 radical (unpaired) electrons. The zero-order valence-electron chi connectivity index (χ0n) is 6.73. The van der Waals surface area contributed by atoms with Crippen molar-refractivity contribution in [1.82, 2.24) is 5.32 Å². The van der Waals surface area contributed by atoms with Gasteiger partial charge >= 0.3 is 0 Å². The van der Waals surface area contributed by atoms with Crippen molar-refractivity contribution in [1.29, 1.82) is 0 Å². The van der Waals surface area contributed by atoms with Crippen LogP contribution in [0.3, 0.4) is 0 Å². The topological polar surface area (TPSA) is 12.0 Å². The number of halogens is 1. The van der Waals surface area contributed by atoms with Crippen LogP contribution in [0.2, 0.25) is 0 Å². The van der Waals surface area contributed by atoms with Crippen molar-refractivity contribution in [3.8, 4) is 0 Å². The Labute approximate surface area is 62.0 Å². The van der Waals surface area contributed by atoms with Gasteiger partial charge in [0.2, 0.25) is 0 Å². The Bertz CT molecular complexity index is 103. The average Bonchev–Trinajstić information content (AvgIpc) is 2.15. The molecule has 60 valence electrons. The standard InChI is InChI=1S/C8H16FN/c1-6(2)10-8-5-3-4-7(8)9/h6-8,10H,3-5H2,1-2H3/t7-,8+/m1/s1. The molecule has 0 spiro atoms. The fourth-order valence-electron chi connectivity index (χ4n) is 1.53. The zero-order valence-corrected chi connectivity index (χ0v) is 6.73. The van der Waals surface area contributed by atoms with Gasteiger partial charge < -0.3 is 5.32 Å². The molecular weight excluding hydrogens is 129 g/mol. The molecule has 0 aromatic carbocycles. The van der Waals surface area contributed by atoms with Gasteiger partial charge in [0, 0.05) is 12.1 Å². The van der Waals surface area contributed by atoms with Crippen molar-refractivity contribution in [2.45, 2.75) is 51.4 Å². The SMILES string of the molecule is CC(C)N[C@H]1CCC[C@H]1F. The summed E-state index contributed by atoms with van der Waals surface area (Å²) in [6.45, 7) is 4.12. The minimum absolute atomic E-state index is 0.139. The van der Waals surface area contributed by atoms with Crippen molar-refractivity contribution >= 4 is 0 Å². The van der Waals surface area contributed by atoms with E-state index >= 15 is 0 Å². The van der Waals surface area contributed by atoms with E-state index < -0.39 is 6.17 Å². The predicted molar refractivity (Wildman–Crippen MR) is 40.8 cm³/mol.